The Morgan fingerprint density at radius 1 is 1.21 bits per heavy atom. The normalized spacial score (nSPS) is 13.2. The number of aromatic nitrogens is 1. The third kappa shape index (κ3) is 4.54. The van der Waals surface area contributed by atoms with Crippen molar-refractivity contribution in [1.29, 1.82) is 0 Å². The first-order valence-corrected chi connectivity index (χ1v) is 9.41. The molecule has 0 aliphatic carbocycles. The molecule has 1 aromatic heterocycles. The van der Waals surface area contributed by atoms with E-state index in [1.54, 1.807) is 6.92 Å². The Kier molecular flexibility index (Phi) is 5.98. The van der Waals surface area contributed by atoms with E-state index in [4.69, 9.17) is 11.6 Å². The lowest BCUT2D eigenvalue weighted by Gasteiger charge is -2.25. The second kappa shape index (κ2) is 7.61. The Hall–Kier alpha value is -1.47. The molecule has 2 rings (SSSR count). The predicted octanol–water partition coefficient (Wildman–Crippen LogP) is 2.93. The number of rotatable bonds is 6. The average Bonchev–Trinajstić information content (AvgIpc) is 2.51. The minimum absolute atomic E-state index is 0.0678. The summed E-state index contributed by atoms with van der Waals surface area (Å²) in [4.78, 5) is 6.01. The summed E-state index contributed by atoms with van der Waals surface area (Å²) in [5.74, 6) is 0. The molecule has 24 heavy (non-hydrogen) atoms. The SMILES string of the molecule is Cc1ccc(C(CNS(=O)(=O)c2cnc(Cl)c(C)c2)N(C)C)cc1. The van der Waals surface area contributed by atoms with Crippen molar-refractivity contribution < 1.29 is 8.42 Å². The van der Waals surface area contributed by atoms with Gasteiger partial charge in [0.05, 0.1) is 0 Å². The van der Waals surface area contributed by atoms with Crippen molar-refractivity contribution in [3.63, 3.8) is 0 Å². The van der Waals surface area contributed by atoms with Gasteiger partial charge in [-0.1, -0.05) is 41.4 Å². The number of nitrogens with one attached hydrogen (secondary N) is 1. The topological polar surface area (TPSA) is 62.3 Å². The van der Waals surface area contributed by atoms with Crippen LogP contribution in [0.15, 0.2) is 41.4 Å². The van der Waals surface area contributed by atoms with Gasteiger partial charge in [0, 0.05) is 18.8 Å². The zero-order valence-corrected chi connectivity index (χ0v) is 15.8. The van der Waals surface area contributed by atoms with Crippen LogP contribution in [0.4, 0.5) is 0 Å². The number of likely N-dealkylation sites (N-methyl/N-ethyl adjacent to an activating group) is 1. The summed E-state index contributed by atoms with van der Waals surface area (Å²) in [5, 5.41) is 0.305. The van der Waals surface area contributed by atoms with E-state index in [2.05, 4.69) is 9.71 Å². The monoisotopic (exact) mass is 367 g/mol. The maximum atomic E-state index is 12.5. The summed E-state index contributed by atoms with van der Waals surface area (Å²) in [6, 6.07) is 9.53. The molecule has 0 saturated heterocycles. The van der Waals surface area contributed by atoms with E-state index in [1.807, 2.05) is 50.2 Å². The van der Waals surface area contributed by atoms with E-state index in [-0.39, 0.29) is 17.5 Å². The molecule has 7 heteroatoms. The molecule has 0 spiro atoms. The molecule has 0 aliphatic rings. The number of pyridine rings is 1. The third-order valence-electron chi connectivity index (χ3n) is 3.85. The smallest absolute Gasteiger partial charge is 0.242 e. The second-order valence-electron chi connectivity index (χ2n) is 6.02. The molecule has 5 nitrogen and oxygen atoms in total. The van der Waals surface area contributed by atoms with Crippen molar-refractivity contribution in [2.75, 3.05) is 20.6 Å². The van der Waals surface area contributed by atoms with Crippen molar-refractivity contribution in [2.24, 2.45) is 0 Å². The number of hydrogen-bond donors (Lipinski definition) is 1. The molecule has 2 aromatic rings. The predicted molar refractivity (Wildman–Crippen MR) is 96.8 cm³/mol. The standard InChI is InChI=1S/C17H22ClN3O2S/c1-12-5-7-14(8-6-12)16(21(3)4)11-20-24(22,23)15-9-13(2)17(18)19-10-15/h5-10,16,20H,11H2,1-4H3. The van der Waals surface area contributed by atoms with E-state index in [9.17, 15) is 8.42 Å². The van der Waals surface area contributed by atoms with Crippen LogP contribution in [0.1, 0.15) is 22.7 Å². The van der Waals surface area contributed by atoms with Crippen LogP contribution in [-0.2, 0) is 10.0 Å². The Morgan fingerprint density at radius 3 is 2.38 bits per heavy atom. The van der Waals surface area contributed by atoms with Crippen molar-refractivity contribution >= 4 is 21.6 Å². The number of hydrogen-bond acceptors (Lipinski definition) is 4. The van der Waals surface area contributed by atoms with Gasteiger partial charge in [0.25, 0.3) is 0 Å². The van der Waals surface area contributed by atoms with E-state index in [1.165, 1.54) is 17.8 Å². The molecule has 0 radical (unpaired) electrons. The van der Waals surface area contributed by atoms with Gasteiger partial charge in [-0.3, -0.25) is 0 Å². The molecule has 1 atom stereocenters. The van der Waals surface area contributed by atoms with Crippen LogP contribution in [0.2, 0.25) is 5.15 Å². The van der Waals surface area contributed by atoms with Gasteiger partial charge in [0.2, 0.25) is 10.0 Å². The molecular formula is C17H22ClN3O2S. The number of aryl methyl sites for hydroxylation is 2. The van der Waals surface area contributed by atoms with Gasteiger partial charge in [-0.15, -0.1) is 0 Å². The number of benzene rings is 1. The third-order valence-corrected chi connectivity index (χ3v) is 5.64. The number of sulfonamides is 1. The van der Waals surface area contributed by atoms with Crippen LogP contribution in [-0.4, -0.2) is 38.9 Å². The second-order valence-corrected chi connectivity index (χ2v) is 8.15. The first kappa shape index (κ1) is 18.9. The van der Waals surface area contributed by atoms with Gasteiger partial charge >= 0.3 is 0 Å². The van der Waals surface area contributed by atoms with Crippen molar-refractivity contribution in [3.8, 4) is 0 Å². The number of nitrogens with zero attached hydrogens (tertiary/aromatic N) is 2. The van der Waals surface area contributed by atoms with Crippen LogP contribution in [0.5, 0.6) is 0 Å². The number of halogens is 1. The summed E-state index contributed by atoms with van der Waals surface area (Å²) in [6.07, 6.45) is 1.27. The summed E-state index contributed by atoms with van der Waals surface area (Å²) in [6.45, 7) is 4.01. The quantitative estimate of drug-likeness (QED) is 0.797. The van der Waals surface area contributed by atoms with Crippen LogP contribution >= 0.6 is 11.6 Å². The van der Waals surface area contributed by atoms with Gasteiger partial charge in [0.15, 0.2) is 0 Å². The molecule has 1 N–H and O–H groups in total. The maximum Gasteiger partial charge on any atom is 0.242 e. The molecule has 0 aliphatic heterocycles. The fourth-order valence-corrected chi connectivity index (χ4v) is 3.51. The zero-order valence-electron chi connectivity index (χ0n) is 14.2. The van der Waals surface area contributed by atoms with Gasteiger partial charge < -0.3 is 4.90 Å². The highest BCUT2D eigenvalue weighted by molar-refractivity contribution is 7.89. The van der Waals surface area contributed by atoms with E-state index >= 15 is 0 Å². The van der Waals surface area contributed by atoms with Crippen LogP contribution in [0.3, 0.4) is 0 Å². The first-order chi connectivity index (χ1) is 11.2. The summed E-state index contributed by atoms with van der Waals surface area (Å²) < 4.78 is 27.7. The Balaban J connectivity index is 2.18. The molecular weight excluding hydrogens is 346 g/mol. The molecule has 1 unspecified atom stereocenters. The fourth-order valence-electron chi connectivity index (χ4n) is 2.34. The summed E-state index contributed by atoms with van der Waals surface area (Å²) in [5.41, 5.74) is 2.85. The fraction of sp³-hybridized carbons (Fsp3) is 0.353. The van der Waals surface area contributed by atoms with Gasteiger partial charge in [-0.2, -0.15) is 0 Å². The minimum atomic E-state index is -3.64. The zero-order chi connectivity index (χ0) is 17.9. The molecule has 0 amide bonds. The van der Waals surface area contributed by atoms with E-state index in [0.717, 1.165) is 5.56 Å². The Labute approximate surface area is 148 Å². The highest BCUT2D eigenvalue weighted by atomic mass is 35.5. The lowest BCUT2D eigenvalue weighted by Crippen LogP contribution is -2.34. The van der Waals surface area contributed by atoms with Gasteiger partial charge in [-0.05, 0) is 45.1 Å². The maximum absolute atomic E-state index is 12.5. The largest absolute Gasteiger partial charge is 0.301 e. The minimum Gasteiger partial charge on any atom is -0.301 e. The lowest BCUT2D eigenvalue weighted by molar-refractivity contribution is 0.299. The molecule has 0 bridgehead atoms. The van der Waals surface area contributed by atoms with Crippen molar-refractivity contribution in [3.05, 3.63) is 58.4 Å². The highest BCUT2D eigenvalue weighted by Crippen LogP contribution is 2.20. The van der Waals surface area contributed by atoms with Gasteiger partial charge in [-0.25, -0.2) is 18.1 Å². The van der Waals surface area contributed by atoms with Crippen molar-refractivity contribution in [1.82, 2.24) is 14.6 Å². The summed E-state index contributed by atoms with van der Waals surface area (Å²) in [7, 11) is 0.205. The molecule has 1 heterocycles. The molecule has 1 aromatic carbocycles. The first-order valence-electron chi connectivity index (χ1n) is 7.55. The van der Waals surface area contributed by atoms with Gasteiger partial charge in [0.1, 0.15) is 10.0 Å². The van der Waals surface area contributed by atoms with E-state index in [0.29, 0.717) is 10.7 Å². The average molecular weight is 368 g/mol. The molecule has 0 fully saturated rings. The summed E-state index contributed by atoms with van der Waals surface area (Å²) >= 11 is 5.86. The van der Waals surface area contributed by atoms with Crippen LogP contribution < -0.4 is 4.72 Å². The van der Waals surface area contributed by atoms with Crippen LogP contribution in [0, 0.1) is 13.8 Å². The molecule has 130 valence electrons. The molecule has 0 saturated carbocycles. The van der Waals surface area contributed by atoms with E-state index < -0.39 is 10.0 Å². The Bertz CT molecular complexity index is 805. The van der Waals surface area contributed by atoms with Crippen molar-refractivity contribution in [2.45, 2.75) is 24.8 Å². The Morgan fingerprint density at radius 2 is 1.83 bits per heavy atom. The lowest BCUT2D eigenvalue weighted by atomic mass is 10.0. The van der Waals surface area contributed by atoms with Crippen LogP contribution in [0.25, 0.3) is 0 Å². The highest BCUT2D eigenvalue weighted by Gasteiger charge is 2.20.